The molecule has 3 N–H and O–H groups in total. The van der Waals surface area contributed by atoms with Crippen molar-refractivity contribution in [3.63, 3.8) is 0 Å². The van der Waals surface area contributed by atoms with Crippen molar-refractivity contribution in [2.24, 2.45) is 0 Å². The van der Waals surface area contributed by atoms with Crippen molar-refractivity contribution in [2.75, 3.05) is 29.6 Å². The van der Waals surface area contributed by atoms with Crippen molar-refractivity contribution in [3.8, 4) is 11.5 Å². The van der Waals surface area contributed by atoms with Crippen LogP contribution in [0.5, 0.6) is 11.5 Å². The number of nitrogens with one attached hydrogen (secondary N) is 3. The van der Waals surface area contributed by atoms with Crippen LogP contribution >= 0.6 is 11.6 Å². The summed E-state index contributed by atoms with van der Waals surface area (Å²) in [5, 5.41) is 11.2. The van der Waals surface area contributed by atoms with Crippen LogP contribution in [0.15, 0.2) is 48.5 Å². The Morgan fingerprint density at radius 2 is 1.68 bits per heavy atom. The normalized spacial score (nSPS) is 11.5. The van der Waals surface area contributed by atoms with Crippen molar-refractivity contribution in [1.29, 1.82) is 0 Å². The first-order chi connectivity index (χ1) is 16.3. The van der Waals surface area contributed by atoms with Crippen molar-refractivity contribution in [2.45, 2.75) is 19.8 Å². The van der Waals surface area contributed by atoms with Gasteiger partial charge in [-0.15, -0.1) is 5.10 Å². The number of benzene rings is 2. The number of ether oxygens (including phenoxy) is 2. The highest BCUT2D eigenvalue weighted by Crippen LogP contribution is 2.20. The lowest BCUT2D eigenvalue weighted by Crippen LogP contribution is -2.10. The Balaban J connectivity index is 1.16. The van der Waals surface area contributed by atoms with Crippen LogP contribution in [0.3, 0.4) is 0 Å². The van der Waals surface area contributed by atoms with Crippen LogP contribution in [-0.2, 0) is 16.4 Å². The molecule has 0 saturated heterocycles. The first-order valence-corrected chi connectivity index (χ1v) is 12.8. The molecular weight excluding hydrogens is 480 g/mol. The molecule has 2 aromatic heterocycles. The maximum Gasteiger partial charge on any atom is 0.229 e. The summed E-state index contributed by atoms with van der Waals surface area (Å²) in [6, 6.07) is 14.3. The van der Waals surface area contributed by atoms with Gasteiger partial charge in [0.05, 0.1) is 18.6 Å². The Kier molecular flexibility index (Phi) is 7.13. The number of H-pyrrole nitrogens is 1. The molecule has 0 fully saturated rings. The van der Waals surface area contributed by atoms with Crippen LogP contribution in [0.2, 0.25) is 5.02 Å². The van der Waals surface area contributed by atoms with Crippen LogP contribution < -0.4 is 19.5 Å². The SMILES string of the molecule is Cc1[nH]n2nc(CCCOc3ccc(NCOc4ccc(NS(C)(=O)=O)cc4)cc3)nc2c1Cl. The summed E-state index contributed by atoms with van der Waals surface area (Å²) < 4.78 is 37.9. The van der Waals surface area contributed by atoms with Gasteiger partial charge in [0.1, 0.15) is 16.5 Å². The van der Waals surface area contributed by atoms with Crippen LogP contribution in [0.1, 0.15) is 17.9 Å². The smallest absolute Gasteiger partial charge is 0.229 e. The molecule has 34 heavy (non-hydrogen) atoms. The van der Waals surface area contributed by atoms with Gasteiger partial charge in [-0.25, -0.2) is 13.4 Å². The topological polar surface area (TPSA) is 123 Å². The fraction of sp³-hybridized carbons (Fsp3) is 0.273. The van der Waals surface area contributed by atoms with E-state index >= 15 is 0 Å². The summed E-state index contributed by atoms with van der Waals surface area (Å²) in [4.78, 5) is 4.44. The molecule has 12 heteroatoms. The molecule has 4 rings (SSSR count). The lowest BCUT2D eigenvalue weighted by atomic mass is 10.3. The monoisotopic (exact) mass is 504 g/mol. The summed E-state index contributed by atoms with van der Waals surface area (Å²) in [6.07, 6.45) is 2.57. The van der Waals surface area contributed by atoms with Crippen LogP contribution in [0, 0.1) is 6.92 Å². The molecule has 180 valence electrons. The first-order valence-electron chi connectivity index (χ1n) is 10.5. The standard InChI is InChI=1S/C22H25ClN6O4S/c1-15-21(23)22-25-20(27-29(22)26-15)4-3-13-32-18-9-5-16(6-10-18)24-14-33-19-11-7-17(8-12-19)28-34(2,30)31/h5-12,24,26,28H,3-4,13-14H2,1-2H3. The largest absolute Gasteiger partial charge is 0.494 e. The van der Waals surface area contributed by atoms with Gasteiger partial charge in [0.2, 0.25) is 10.0 Å². The van der Waals surface area contributed by atoms with E-state index in [1.165, 1.54) is 0 Å². The van der Waals surface area contributed by atoms with Crippen LogP contribution in [0.4, 0.5) is 11.4 Å². The van der Waals surface area contributed by atoms with E-state index in [4.69, 9.17) is 21.1 Å². The molecule has 0 bridgehead atoms. The van der Waals surface area contributed by atoms with Crippen molar-refractivity contribution >= 4 is 38.6 Å². The molecule has 0 aliphatic rings. The molecule has 2 aromatic carbocycles. The van der Waals surface area contributed by atoms with Gasteiger partial charge < -0.3 is 14.8 Å². The average Bonchev–Trinajstić information content (AvgIpc) is 3.30. The highest BCUT2D eigenvalue weighted by Gasteiger charge is 2.11. The predicted octanol–water partition coefficient (Wildman–Crippen LogP) is 3.85. The first kappa shape index (κ1) is 23.7. The number of sulfonamides is 1. The van der Waals surface area contributed by atoms with Gasteiger partial charge in [-0.1, -0.05) is 11.6 Å². The third kappa shape index (κ3) is 6.33. The van der Waals surface area contributed by atoms with Gasteiger partial charge in [0, 0.05) is 17.8 Å². The second kappa shape index (κ2) is 10.2. The average molecular weight is 505 g/mol. The summed E-state index contributed by atoms with van der Waals surface area (Å²) >= 11 is 6.18. The summed E-state index contributed by atoms with van der Waals surface area (Å²) in [5.41, 5.74) is 2.85. The lowest BCUT2D eigenvalue weighted by Gasteiger charge is -2.11. The Morgan fingerprint density at radius 3 is 2.32 bits per heavy atom. The fourth-order valence-electron chi connectivity index (χ4n) is 3.18. The molecule has 0 spiro atoms. The highest BCUT2D eigenvalue weighted by atomic mass is 35.5. The molecule has 2 heterocycles. The van der Waals surface area contributed by atoms with Crippen molar-refractivity contribution in [1.82, 2.24) is 19.8 Å². The summed E-state index contributed by atoms with van der Waals surface area (Å²) in [6.45, 7) is 2.68. The minimum absolute atomic E-state index is 0.258. The van der Waals surface area contributed by atoms with E-state index < -0.39 is 10.0 Å². The van der Waals surface area contributed by atoms with Crippen LogP contribution in [0.25, 0.3) is 5.65 Å². The molecule has 0 radical (unpaired) electrons. The predicted molar refractivity (Wildman–Crippen MR) is 131 cm³/mol. The Labute approximate surface area is 202 Å². The van der Waals surface area contributed by atoms with E-state index in [2.05, 4.69) is 25.2 Å². The summed E-state index contributed by atoms with van der Waals surface area (Å²) in [7, 11) is -3.30. The number of aromatic nitrogens is 4. The number of nitrogens with zero attached hydrogens (tertiary/aromatic N) is 3. The maximum atomic E-state index is 11.2. The molecule has 0 aliphatic carbocycles. The fourth-order valence-corrected chi connectivity index (χ4v) is 3.91. The number of hydrogen-bond acceptors (Lipinski definition) is 7. The number of anilines is 2. The molecule has 0 aliphatic heterocycles. The second-order valence-corrected chi connectivity index (χ2v) is 9.78. The van der Waals surface area contributed by atoms with Crippen molar-refractivity contribution < 1.29 is 17.9 Å². The van der Waals surface area contributed by atoms with E-state index in [0.29, 0.717) is 35.1 Å². The molecule has 10 nitrogen and oxygen atoms in total. The number of aromatic amines is 1. The quantitative estimate of drug-likeness (QED) is 0.209. The molecule has 0 atom stereocenters. The third-order valence-corrected chi connectivity index (χ3v) is 5.85. The number of halogens is 1. The summed E-state index contributed by atoms with van der Waals surface area (Å²) in [5.74, 6) is 2.11. The lowest BCUT2D eigenvalue weighted by molar-refractivity contribution is 0.310. The minimum Gasteiger partial charge on any atom is -0.494 e. The van der Waals surface area contributed by atoms with Gasteiger partial charge in [-0.3, -0.25) is 9.82 Å². The maximum absolute atomic E-state index is 11.2. The van der Waals surface area contributed by atoms with Gasteiger partial charge in [0.25, 0.3) is 0 Å². The van der Waals surface area contributed by atoms with Gasteiger partial charge in [-0.2, -0.15) is 4.63 Å². The van der Waals surface area contributed by atoms with E-state index in [1.54, 1.807) is 28.9 Å². The third-order valence-electron chi connectivity index (χ3n) is 4.79. The second-order valence-electron chi connectivity index (χ2n) is 7.65. The van der Waals surface area contributed by atoms with Crippen LogP contribution in [-0.4, -0.2) is 47.8 Å². The Morgan fingerprint density at radius 1 is 1.03 bits per heavy atom. The van der Waals surface area contributed by atoms with E-state index in [-0.39, 0.29) is 6.73 Å². The minimum atomic E-state index is -3.30. The van der Waals surface area contributed by atoms with Gasteiger partial charge in [-0.05, 0) is 61.9 Å². The Hall–Kier alpha value is -3.44. The molecule has 0 saturated carbocycles. The zero-order valence-electron chi connectivity index (χ0n) is 18.7. The molecular formula is C22H25ClN6O4S. The molecule has 0 amide bonds. The molecule has 0 unspecified atom stereocenters. The van der Waals surface area contributed by atoms with Crippen molar-refractivity contribution in [3.05, 3.63) is 65.1 Å². The zero-order chi connectivity index (χ0) is 24.1. The Bertz CT molecular complexity index is 1350. The number of rotatable bonds is 11. The van der Waals surface area contributed by atoms with Gasteiger partial charge in [0.15, 0.2) is 18.2 Å². The number of hydrogen-bond donors (Lipinski definition) is 3. The van der Waals surface area contributed by atoms with E-state index in [0.717, 1.165) is 35.6 Å². The molecule has 4 aromatic rings. The zero-order valence-corrected chi connectivity index (χ0v) is 20.3. The number of fused-ring (bicyclic) bond motifs is 1. The van der Waals surface area contributed by atoms with E-state index in [1.807, 2.05) is 31.2 Å². The highest BCUT2D eigenvalue weighted by molar-refractivity contribution is 7.92. The van der Waals surface area contributed by atoms with E-state index in [9.17, 15) is 8.42 Å². The van der Waals surface area contributed by atoms with Gasteiger partial charge >= 0.3 is 0 Å². The number of aryl methyl sites for hydroxylation is 2.